The maximum absolute atomic E-state index is 9.15. The lowest BCUT2D eigenvalue weighted by molar-refractivity contribution is 0.475. The number of phenols is 1. The van der Waals surface area contributed by atoms with Crippen LogP contribution >= 0.6 is 35.6 Å². The molecule has 1 rings (SSSR count). The summed E-state index contributed by atoms with van der Waals surface area (Å²) >= 11 is 11.6. The summed E-state index contributed by atoms with van der Waals surface area (Å²) < 4.78 is 0. The quantitative estimate of drug-likeness (QED) is 0.438. The molecule has 0 radical (unpaired) electrons. The smallest absolute Gasteiger partial charge is 0.211 e. The molecule has 0 aliphatic heterocycles. The highest BCUT2D eigenvalue weighted by Crippen LogP contribution is 2.28. The minimum atomic E-state index is -0.169. The van der Waals surface area contributed by atoms with Crippen molar-refractivity contribution in [2.45, 2.75) is 0 Å². The van der Waals surface area contributed by atoms with Crippen molar-refractivity contribution >= 4 is 47.8 Å². The molecule has 0 saturated carbocycles. The van der Waals surface area contributed by atoms with Gasteiger partial charge in [0.15, 0.2) is 0 Å². The third-order valence-electron chi connectivity index (χ3n) is 1.42. The zero-order chi connectivity index (χ0) is 11.4. The standard InChI is InChI=1S/C8H8Cl2N4O.ClH/c9-6-1-4(15)2-7(10)5(6)3-13-14-8(11)12;/h1-3,15H,(H4,11,12,14);1H. The van der Waals surface area contributed by atoms with Crippen LogP contribution in [-0.2, 0) is 0 Å². The Bertz CT molecular complexity index is 406. The zero-order valence-electron chi connectivity index (χ0n) is 7.89. The van der Waals surface area contributed by atoms with E-state index in [-0.39, 0.29) is 34.2 Å². The molecule has 0 aromatic heterocycles. The van der Waals surface area contributed by atoms with Crippen molar-refractivity contribution in [2.24, 2.45) is 21.7 Å². The van der Waals surface area contributed by atoms with Crippen LogP contribution in [0.25, 0.3) is 0 Å². The average molecular weight is 284 g/mol. The van der Waals surface area contributed by atoms with Crippen molar-refractivity contribution in [2.75, 3.05) is 0 Å². The van der Waals surface area contributed by atoms with E-state index in [1.165, 1.54) is 18.3 Å². The van der Waals surface area contributed by atoms with Crippen molar-refractivity contribution in [3.05, 3.63) is 27.7 Å². The van der Waals surface area contributed by atoms with Gasteiger partial charge in [-0.3, -0.25) is 0 Å². The van der Waals surface area contributed by atoms with Crippen molar-refractivity contribution in [1.29, 1.82) is 0 Å². The number of hydrogen-bond acceptors (Lipinski definition) is 3. The van der Waals surface area contributed by atoms with Crippen molar-refractivity contribution in [3.8, 4) is 5.75 Å². The molecular weight excluding hydrogens is 274 g/mol. The summed E-state index contributed by atoms with van der Waals surface area (Å²) in [6, 6.07) is 2.68. The maximum Gasteiger partial charge on any atom is 0.211 e. The van der Waals surface area contributed by atoms with Gasteiger partial charge >= 0.3 is 0 Å². The molecule has 0 heterocycles. The van der Waals surface area contributed by atoms with Crippen molar-refractivity contribution in [1.82, 2.24) is 0 Å². The minimum absolute atomic E-state index is 0. The Labute approximate surface area is 108 Å². The topological polar surface area (TPSA) is 97.0 Å². The van der Waals surface area contributed by atoms with Crippen molar-refractivity contribution in [3.63, 3.8) is 0 Å². The first kappa shape index (κ1) is 14.8. The molecule has 0 amide bonds. The molecule has 1 aromatic rings. The molecule has 5 nitrogen and oxygen atoms in total. The summed E-state index contributed by atoms with van der Waals surface area (Å²) in [5.74, 6) is -0.193. The fraction of sp³-hybridized carbons (Fsp3) is 0. The molecule has 0 aliphatic carbocycles. The first-order valence-corrected chi connectivity index (χ1v) is 4.56. The average Bonchev–Trinajstić information content (AvgIpc) is 2.08. The van der Waals surface area contributed by atoms with Crippen LogP contribution in [-0.4, -0.2) is 17.3 Å². The molecular formula is C8H9Cl3N4O. The van der Waals surface area contributed by atoms with Gasteiger partial charge in [-0.2, -0.15) is 5.10 Å². The Morgan fingerprint density at radius 2 is 1.75 bits per heavy atom. The fourth-order valence-electron chi connectivity index (χ4n) is 0.848. The zero-order valence-corrected chi connectivity index (χ0v) is 10.2. The predicted octanol–water partition coefficient (Wildman–Crippen LogP) is 1.73. The Morgan fingerprint density at radius 3 is 2.19 bits per heavy atom. The van der Waals surface area contributed by atoms with Gasteiger partial charge in [0.05, 0.1) is 16.3 Å². The lowest BCUT2D eigenvalue weighted by atomic mass is 10.2. The van der Waals surface area contributed by atoms with Gasteiger partial charge in [0.2, 0.25) is 5.96 Å². The van der Waals surface area contributed by atoms with Gasteiger partial charge in [-0.15, -0.1) is 17.5 Å². The lowest BCUT2D eigenvalue weighted by Crippen LogP contribution is -2.21. The van der Waals surface area contributed by atoms with Crippen LogP contribution in [0.3, 0.4) is 0 Å². The van der Waals surface area contributed by atoms with Gasteiger partial charge in [-0.05, 0) is 12.1 Å². The molecule has 88 valence electrons. The van der Waals surface area contributed by atoms with Gasteiger partial charge < -0.3 is 16.6 Å². The first-order chi connectivity index (χ1) is 7.00. The number of rotatable bonds is 2. The molecule has 0 unspecified atom stereocenters. The number of hydrogen-bond donors (Lipinski definition) is 3. The van der Waals surface area contributed by atoms with E-state index in [1.807, 2.05) is 0 Å². The molecule has 0 saturated heterocycles. The number of aromatic hydroxyl groups is 1. The van der Waals surface area contributed by atoms with E-state index in [1.54, 1.807) is 0 Å². The number of guanidine groups is 1. The number of benzene rings is 1. The summed E-state index contributed by atoms with van der Waals surface area (Å²) in [5, 5.41) is 16.6. The molecule has 0 aliphatic rings. The second kappa shape index (κ2) is 6.42. The maximum atomic E-state index is 9.15. The van der Waals surface area contributed by atoms with Crippen molar-refractivity contribution < 1.29 is 5.11 Å². The van der Waals surface area contributed by atoms with Crippen LogP contribution in [0.5, 0.6) is 5.75 Å². The van der Waals surface area contributed by atoms with E-state index >= 15 is 0 Å². The van der Waals surface area contributed by atoms with Crippen LogP contribution in [0.15, 0.2) is 22.3 Å². The fourth-order valence-corrected chi connectivity index (χ4v) is 1.42. The van der Waals surface area contributed by atoms with E-state index in [9.17, 15) is 0 Å². The van der Waals surface area contributed by atoms with Crippen LogP contribution in [0.2, 0.25) is 10.0 Å². The summed E-state index contributed by atoms with van der Waals surface area (Å²) in [6.45, 7) is 0. The van der Waals surface area contributed by atoms with E-state index in [0.29, 0.717) is 5.56 Å². The largest absolute Gasteiger partial charge is 0.508 e. The number of nitrogens with zero attached hydrogens (tertiary/aromatic N) is 2. The van der Waals surface area contributed by atoms with Crippen LogP contribution in [0.1, 0.15) is 5.56 Å². The predicted molar refractivity (Wildman–Crippen MR) is 68.8 cm³/mol. The van der Waals surface area contributed by atoms with Gasteiger partial charge in [0, 0.05) is 5.56 Å². The molecule has 0 bridgehead atoms. The van der Waals surface area contributed by atoms with Crippen LogP contribution in [0, 0.1) is 0 Å². The molecule has 0 atom stereocenters. The Kier molecular flexibility index (Phi) is 5.95. The second-order valence-corrected chi connectivity index (χ2v) is 3.41. The van der Waals surface area contributed by atoms with Gasteiger partial charge in [0.1, 0.15) is 5.75 Å². The second-order valence-electron chi connectivity index (χ2n) is 2.59. The van der Waals surface area contributed by atoms with Crippen LogP contribution in [0.4, 0.5) is 0 Å². The van der Waals surface area contributed by atoms with E-state index in [0.717, 1.165) is 0 Å². The Hall–Kier alpha value is -1.17. The summed E-state index contributed by atoms with van der Waals surface area (Å²) in [7, 11) is 0. The van der Waals surface area contributed by atoms with Crippen LogP contribution < -0.4 is 11.5 Å². The van der Waals surface area contributed by atoms with Gasteiger partial charge in [-0.25, -0.2) is 0 Å². The molecule has 1 aromatic carbocycles. The summed E-state index contributed by atoms with van der Waals surface area (Å²) in [6.07, 6.45) is 1.30. The van der Waals surface area contributed by atoms with E-state index in [2.05, 4.69) is 10.2 Å². The number of halogens is 3. The third kappa shape index (κ3) is 4.14. The third-order valence-corrected chi connectivity index (χ3v) is 2.05. The van der Waals surface area contributed by atoms with Gasteiger partial charge in [-0.1, -0.05) is 23.2 Å². The first-order valence-electron chi connectivity index (χ1n) is 3.80. The number of nitrogens with two attached hydrogens (primary N) is 2. The molecule has 0 spiro atoms. The molecule has 16 heavy (non-hydrogen) atoms. The van der Waals surface area contributed by atoms with E-state index < -0.39 is 0 Å². The normalized spacial score (nSPS) is 9.88. The molecule has 0 fully saturated rings. The highest BCUT2D eigenvalue weighted by molar-refractivity contribution is 6.38. The summed E-state index contributed by atoms with van der Waals surface area (Å²) in [4.78, 5) is 0. The summed E-state index contributed by atoms with van der Waals surface area (Å²) in [5.41, 5.74) is 10.6. The Balaban J connectivity index is 0.00000225. The lowest BCUT2D eigenvalue weighted by Gasteiger charge is -2.01. The monoisotopic (exact) mass is 282 g/mol. The Morgan fingerprint density at radius 1 is 1.25 bits per heavy atom. The minimum Gasteiger partial charge on any atom is -0.508 e. The highest BCUT2D eigenvalue weighted by Gasteiger charge is 2.05. The highest BCUT2D eigenvalue weighted by atomic mass is 35.5. The van der Waals surface area contributed by atoms with E-state index in [4.69, 9.17) is 39.8 Å². The SMILES string of the molecule is Cl.NC(N)=NN=Cc1c(Cl)cc(O)cc1Cl. The molecule has 8 heteroatoms. The number of phenolic OH excluding ortho intramolecular Hbond substituents is 1. The van der Waals surface area contributed by atoms with Gasteiger partial charge in [0.25, 0.3) is 0 Å². The molecule has 5 N–H and O–H groups in total.